The van der Waals surface area contributed by atoms with Crippen LogP contribution in [-0.4, -0.2) is 26.8 Å². The van der Waals surface area contributed by atoms with Crippen LogP contribution in [-0.2, 0) is 24.7 Å². The Labute approximate surface area is 172 Å². The number of fused-ring (bicyclic) bond motifs is 3. The second-order valence-corrected chi connectivity index (χ2v) is 9.77. The summed E-state index contributed by atoms with van der Waals surface area (Å²) in [6.45, 7) is 0. The number of carbonyl (C=O) groups is 1. The van der Waals surface area contributed by atoms with Crippen LogP contribution in [0.25, 0.3) is 10.2 Å². The van der Waals surface area contributed by atoms with E-state index in [1.54, 1.807) is 23.0 Å². The monoisotopic (exact) mass is 416 g/mol. The molecular weight excluding hydrogens is 392 g/mol. The van der Waals surface area contributed by atoms with Gasteiger partial charge in [-0.25, -0.2) is 4.98 Å². The zero-order chi connectivity index (χ0) is 19.7. The molecule has 0 bridgehead atoms. The molecule has 8 heteroatoms. The fraction of sp³-hybridized carbons (Fsp3) is 0.600. The highest BCUT2D eigenvalue weighted by Gasteiger charge is 2.33. The number of hydrogen-bond acceptors (Lipinski definition) is 6. The van der Waals surface area contributed by atoms with E-state index >= 15 is 0 Å². The van der Waals surface area contributed by atoms with Crippen molar-refractivity contribution >= 4 is 39.2 Å². The van der Waals surface area contributed by atoms with Gasteiger partial charge >= 0.3 is 0 Å². The van der Waals surface area contributed by atoms with Crippen molar-refractivity contribution in [1.29, 1.82) is 5.26 Å². The van der Waals surface area contributed by atoms with E-state index in [-0.39, 0.29) is 17.2 Å². The lowest BCUT2D eigenvalue weighted by atomic mass is 9.83. The van der Waals surface area contributed by atoms with Crippen molar-refractivity contribution < 1.29 is 4.79 Å². The minimum Gasteiger partial charge on any atom is -0.337 e. The Morgan fingerprint density at radius 1 is 1.29 bits per heavy atom. The molecule has 0 spiro atoms. The number of nitrogens with zero attached hydrogens (tertiary/aromatic N) is 3. The van der Waals surface area contributed by atoms with E-state index in [0.717, 1.165) is 48.7 Å². The molecule has 1 N–H and O–H groups in total. The van der Waals surface area contributed by atoms with Gasteiger partial charge in [0.1, 0.15) is 10.4 Å². The summed E-state index contributed by atoms with van der Waals surface area (Å²) in [6, 6.07) is 2.31. The van der Waals surface area contributed by atoms with Gasteiger partial charge in [-0.15, -0.1) is 11.3 Å². The third kappa shape index (κ3) is 3.58. The fourth-order valence-electron chi connectivity index (χ4n) is 4.25. The number of nitrogens with one attached hydrogen (secondary N) is 1. The highest BCUT2D eigenvalue weighted by molar-refractivity contribution is 7.99. The lowest BCUT2D eigenvalue weighted by Crippen LogP contribution is -2.49. The Hall–Kier alpha value is -1.85. The van der Waals surface area contributed by atoms with E-state index in [1.807, 2.05) is 0 Å². The summed E-state index contributed by atoms with van der Waals surface area (Å²) in [6.07, 6.45) is 8.75. The third-order valence-electron chi connectivity index (χ3n) is 5.79. The van der Waals surface area contributed by atoms with Crippen LogP contribution in [0, 0.1) is 11.3 Å². The number of nitriles is 1. The first-order valence-electron chi connectivity index (χ1n) is 9.89. The zero-order valence-corrected chi connectivity index (χ0v) is 17.7. The Morgan fingerprint density at radius 2 is 2.04 bits per heavy atom. The first kappa shape index (κ1) is 19.5. The molecule has 1 fully saturated rings. The van der Waals surface area contributed by atoms with Gasteiger partial charge in [0.05, 0.1) is 17.2 Å². The standard InChI is InChI=1S/C20H24N4O2S2/c1-24-18(26)16-13-7-3-4-8-14(13)28-17(16)22-19(24)27-11-15(25)23-20(12-21)9-5-2-6-10-20/h2-11H2,1H3,(H,23,25). The Balaban J connectivity index is 1.52. The van der Waals surface area contributed by atoms with Gasteiger partial charge in [0.2, 0.25) is 5.91 Å². The Morgan fingerprint density at radius 3 is 2.79 bits per heavy atom. The summed E-state index contributed by atoms with van der Waals surface area (Å²) < 4.78 is 1.56. The average molecular weight is 417 g/mol. The predicted molar refractivity (Wildman–Crippen MR) is 112 cm³/mol. The smallest absolute Gasteiger partial charge is 0.262 e. The van der Waals surface area contributed by atoms with E-state index in [0.29, 0.717) is 18.0 Å². The highest BCUT2D eigenvalue weighted by Crippen LogP contribution is 2.34. The topological polar surface area (TPSA) is 87.8 Å². The van der Waals surface area contributed by atoms with E-state index in [2.05, 4.69) is 11.4 Å². The van der Waals surface area contributed by atoms with Crippen LogP contribution in [0.2, 0.25) is 0 Å². The van der Waals surface area contributed by atoms with Gasteiger partial charge in [0.25, 0.3) is 5.56 Å². The van der Waals surface area contributed by atoms with E-state index in [1.165, 1.54) is 28.6 Å². The van der Waals surface area contributed by atoms with Gasteiger partial charge in [-0.05, 0) is 44.1 Å². The maximum atomic E-state index is 12.9. The van der Waals surface area contributed by atoms with Gasteiger partial charge in [0.15, 0.2) is 5.16 Å². The SMILES string of the molecule is Cn1c(SCC(=O)NC2(C#N)CCCCC2)nc2sc3c(c2c1=O)CCCC3. The van der Waals surface area contributed by atoms with Gasteiger partial charge in [0, 0.05) is 11.9 Å². The van der Waals surface area contributed by atoms with E-state index in [4.69, 9.17) is 4.98 Å². The summed E-state index contributed by atoms with van der Waals surface area (Å²) in [7, 11) is 1.72. The number of aryl methyl sites for hydroxylation is 2. The maximum absolute atomic E-state index is 12.9. The van der Waals surface area contributed by atoms with Gasteiger partial charge < -0.3 is 5.32 Å². The second kappa shape index (κ2) is 7.88. The summed E-state index contributed by atoms with van der Waals surface area (Å²) >= 11 is 2.89. The molecule has 2 aromatic rings. The first-order chi connectivity index (χ1) is 13.5. The molecule has 0 saturated heterocycles. The molecule has 0 aromatic carbocycles. The molecule has 2 aromatic heterocycles. The summed E-state index contributed by atoms with van der Waals surface area (Å²) in [4.78, 5) is 32.2. The van der Waals surface area contributed by atoms with Crippen LogP contribution < -0.4 is 10.9 Å². The number of thiophene rings is 1. The minimum absolute atomic E-state index is 0.0203. The molecule has 0 unspecified atom stereocenters. The molecule has 6 nitrogen and oxygen atoms in total. The van der Waals surface area contributed by atoms with Crippen LogP contribution in [0.15, 0.2) is 9.95 Å². The molecule has 4 rings (SSSR count). The van der Waals surface area contributed by atoms with Gasteiger partial charge in [-0.3, -0.25) is 14.2 Å². The molecule has 2 aliphatic carbocycles. The maximum Gasteiger partial charge on any atom is 0.262 e. The van der Waals surface area contributed by atoms with Gasteiger partial charge in [-0.1, -0.05) is 31.0 Å². The van der Waals surface area contributed by atoms with Crippen molar-refractivity contribution in [1.82, 2.24) is 14.9 Å². The average Bonchev–Trinajstić information content (AvgIpc) is 3.08. The van der Waals surface area contributed by atoms with E-state index in [9.17, 15) is 14.9 Å². The lowest BCUT2D eigenvalue weighted by molar-refractivity contribution is -0.120. The van der Waals surface area contributed by atoms with Crippen LogP contribution in [0.3, 0.4) is 0 Å². The van der Waals surface area contributed by atoms with Crippen molar-refractivity contribution in [3.63, 3.8) is 0 Å². The highest BCUT2D eigenvalue weighted by atomic mass is 32.2. The van der Waals surface area contributed by atoms with Crippen LogP contribution in [0.1, 0.15) is 55.4 Å². The van der Waals surface area contributed by atoms with Crippen molar-refractivity contribution in [2.75, 3.05) is 5.75 Å². The van der Waals surface area contributed by atoms with Crippen molar-refractivity contribution in [3.8, 4) is 6.07 Å². The molecular formula is C20H24N4O2S2. The number of rotatable bonds is 4. The number of hydrogen-bond donors (Lipinski definition) is 1. The lowest BCUT2D eigenvalue weighted by Gasteiger charge is -2.31. The summed E-state index contributed by atoms with van der Waals surface area (Å²) in [5, 5.41) is 13.8. The van der Waals surface area contributed by atoms with Crippen molar-refractivity contribution in [3.05, 3.63) is 20.8 Å². The molecule has 0 radical (unpaired) electrons. The zero-order valence-electron chi connectivity index (χ0n) is 16.0. The Bertz CT molecular complexity index is 1010. The largest absolute Gasteiger partial charge is 0.337 e. The molecule has 148 valence electrons. The number of carbonyl (C=O) groups excluding carboxylic acids is 1. The fourth-order valence-corrected chi connectivity index (χ4v) is 6.32. The van der Waals surface area contributed by atoms with Gasteiger partial charge in [-0.2, -0.15) is 5.26 Å². The molecule has 1 saturated carbocycles. The molecule has 28 heavy (non-hydrogen) atoms. The summed E-state index contributed by atoms with van der Waals surface area (Å²) in [5.41, 5.74) is 0.432. The second-order valence-electron chi connectivity index (χ2n) is 7.74. The van der Waals surface area contributed by atoms with E-state index < -0.39 is 5.54 Å². The molecule has 0 aliphatic heterocycles. The minimum atomic E-state index is -0.730. The van der Waals surface area contributed by atoms with Crippen LogP contribution in [0.4, 0.5) is 0 Å². The van der Waals surface area contributed by atoms with Crippen LogP contribution in [0.5, 0.6) is 0 Å². The van der Waals surface area contributed by atoms with Crippen molar-refractivity contribution in [2.24, 2.45) is 7.05 Å². The number of amides is 1. The molecule has 2 heterocycles. The quantitative estimate of drug-likeness (QED) is 0.610. The van der Waals surface area contributed by atoms with Crippen molar-refractivity contribution in [2.45, 2.75) is 68.5 Å². The predicted octanol–water partition coefficient (Wildman–Crippen LogP) is 3.31. The first-order valence-corrected chi connectivity index (χ1v) is 11.7. The Kier molecular flexibility index (Phi) is 5.48. The number of thioether (sulfide) groups is 1. The third-order valence-corrected chi connectivity index (χ3v) is 8.00. The molecule has 0 atom stereocenters. The number of aromatic nitrogens is 2. The molecule has 1 amide bonds. The normalized spacial score (nSPS) is 18.4. The molecule has 2 aliphatic rings. The summed E-state index contributed by atoms with van der Waals surface area (Å²) in [5.74, 6) is -0.0198. The van der Waals surface area contributed by atoms with Crippen LogP contribution >= 0.6 is 23.1 Å².